The molecule has 0 spiro atoms. The van der Waals surface area contributed by atoms with Gasteiger partial charge in [-0.1, -0.05) is 0 Å². The number of fused-ring (bicyclic) bond motifs is 3. The average molecular weight is 515 g/mol. The van der Waals surface area contributed by atoms with Crippen molar-refractivity contribution < 1.29 is 44.2 Å². The number of ether oxygens (including phenoxy) is 1. The van der Waals surface area contributed by atoms with Crippen LogP contribution in [-0.4, -0.2) is 40.5 Å². The maximum atomic E-state index is 13.6. The standard InChI is InChI=1S/C19H15F3IN4O2/c20-14-2-1-10(3-13(14)19(21)22)11-4-16-15(24-6-11)7-25-26(16)8-18(28)27-12-5-17(23-27)29-9-12/h1-4,6-7,12,17,19H,5,8-9H2/q-1/t12-,17-/m1/s1. The van der Waals surface area contributed by atoms with Crippen molar-refractivity contribution >= 4 is 16.9 Å². The van der Waals surface area contributed by atoms with Crippen LogP contribution in [0.5, 0.6) is 0 Å². The SMILES string of the molecule is O=C(Cn1ncc2ncc(-c3ccc(F)c(C(F)F)c3)cc21)N1[I-][C@H]2C[C@@H]1CO2. The Kier molecular flexibility index (Phi) is 4.69. The molecule has 2 fully saturated rings. The van der Waals surface area contributed by atoms with Crippen LogP contribution in [0.25, 0.3) is 22.2 Å². The van der Waals surface area contributed by atoms with Crippen LogP contribution in [0, 0.1) is 5.82 Å². The first kappa shape index (κ1) is 18.8. The van der Waals surface area contributed by atoms with Gasteiger partial charge in [0.2, 0.25) is 0 Å². The van der Waals surface area contributed by atoms with E-state index in [1.807, 2.05) is 3.11 Å². The Morgan fingerprint density at radius 1 is 1.28 bits per heavy atom. The molecule has 6 nitrogen and oxygen atoms in total. The van der Waals surface area contributed by atoms with Crippen molar-refractivity contribution in [3.63, 3.8) is 0 Å². The summed E-state index contributed by atoms with van der Waals surface area (Å²) in [4.78, 5) is 17.1. The first-order valence-electron chi connectivity index (χ1n) is 8.96. The summed E-state index contributed by atoms with van der Waals surface area (Å²) >= 11 is -0.466. The van der Waals surface area contributed by atoms with E-state index in [1.54, 1.807) is 16.9 Å². The number of carbonyl (C=O) groups is 1. The third kappa shape index (κ3) is 3.37. The Hall–Kier alpha value is -2.21. The number of aromatic nitrogens is 3. The van der Waals surface area contributed by atoms with Gasteiger partial charge in [0.1, 0.15) is 0 Å². The summed E-state index contributed by atoms with van der Waals surface area (Å²) in [7, 11) is 0. The molecule has 0 unspecified atom stereocenters. The van der Waals surface area contributed by atoms with Gasteiger partial charge in [-0.05, 0) is 0 Å². The summed E-state index contributed by atoms with van der Waals surface area (Å²) in [6.45, 7) is 0.683. The molecular formula is C19H15F3IN4O2-. The molecule has 10 heteroatoms. The summed E-state index contributed by atoms with van der Waals surface area (Å²) in [6, 6.07) is 5.49. The van der Waals surface area contributed by atoms with E-state index >= 15 is 0 Å². The molecular weight excluding hydrogens is 500 g/mol. The fraction of sp³-hybridized carbons (Fsp3) is 0.316. The predicted octanol–water partition coefficient (Wildman–Crippen LogP) is 0.136. The zero-order chi connectivity index (χ0) is 20.1. The Labute approximate surface area is 174 Å². The maximum absolute atomic E-state index is 13.6. The van der Waals surface area contributed by atoms with Gasteiger partial charge in [-0.3, -0.25) is 0 Å². The van der Waals surface area contributed by atoms with Gasteiger partial charge in [0.15, 0.2) is 0 Å². The number of nitrogens with zero attached hydrogens (tertiary/aromatic N) is 4. The number of pyridine rings is 1. The fourth-order valence-corrected chi connectivity index (χ4v) is 6.73. The van der Waals surface area contributed by atoms with Crippen LogP contribution in [0.4, 0.5) is 13.2 Å². The molecule has 0 N–H and O–H groups in total. The van der Waals surface area contributed by atoms with Crippen LogP contribution in [0.15, 0.2) is 36.7 Å². The molecule has 2 aromatic heterocycles. The van der Waals surface area contributed by atoms with Crippen LogP contribution in [0.1, 0.15) is 18.4 Å². The van der Waals surface area contributed by atoms with E-state index in [0.29, 0.717) is 28.8 Å². The summed E-state index contributed by atoms with van der Waals surface area (Å²) < 4.78 is 49.0. The molecule has 1 aromatic carbocycles. The van der Waals surface area contributed by atoms with Crippen molar-refractivity contribution in [2.75, 3.05) is 6.61 Å². The molecule has 2 bridgehead atoms. The Morgan fingerprint density at radius 2 is 2.14 bits per heavy atom. The van der Waals surface area contributed by atoms with Crippen molar-refractivity contribution in [3.8, 4) is 11.1 Å². The van der Waals surface area contributed by atoms with Gasteiger partial charge in [0, 0.05) is 0 Å². The zero-order valence-corrected chi connectivity index (χ0v) is 17.1. The van der Waals surface area contributed by atoms with Gasteiger partial charge < -0.3 is 0 Å². The van der Waals surface area contributed by atoms with E-state index in [9.17, 15) is 18.0 Å². The first-order chi connectivity index (χ1) is 14.0. The fourth-order valence-electron chi connectivity index (χ4n) is 3.57. The molecule has 2 aliphatic heterocycles. The Morgan fingerprint density at radius 3 is 2.86 bits per heavy atom. The van der Waals surface area contributed by atoms with E-state index in [4.69, 9.17) is 4.74 Å². The molecule has 4 heterocycles. The molecule has 2 aliphatic rings. The Bertz CT molecular complexity index is 1110. The van der Waals surface area contributed by atoms with Crippen molar-refractivity contribution in [1.82, 2.24) is 17.9 Å². The number of carbonyl (C=O) groups excluding carboxylic acids is 1. The second-order valence-corrected chi connectivity index (χ2v) is 9.89. The quantitative estimate of drug-likeness (QED) is 0.282. The number of rotatable bonds is 4. The number of amides is 1. The molecule has 1 amide bonds. The predicted molar refractivity (Wildman–Crippen MR) is 92.9 cm³/mol. The second-order valence-electron chi connectivity index (χ2n) is 6.90. The molecule has 2 atom stereocenters. The number of hydrogen-bond acceptors (Lipinski definition) is 4. The van der Waals surface area contributed by atoms with E-state index < -0.39 is 39.3 Å². The monoisotopic (exact) mass is 515 g/mol. The van der Waals surface area contributed by atoms with Gasteiger partial charge >= 0.3 is 174 Å². The number of halogens is 4. The van der Waals surface area contributed by atoms with Gasteiger partial charge in [-0.25, -0.2) is 0 Å². The van der Waals surface area contributed by atoms with E-state index in [2.05, 4.69) is 10.1 Å². The van der Waals surface area contributed by atoms with Crippen LogP contribution in [0.3, 0.4) is 0 Å². The van der Waals surface area contributed by atoms with Crippen molar-refractivity contribution in [3.05, 3.63) is 48.0 Å². The third-order valence-electron chi connectivity index (χ3n) is 5.04. The molecule has 152 valence electrons. The normalized spacial score (nSPS) is 21.2. The van der Waals surface area contributed by atoms with Crippen LogP contribution in [0.2, 0.25) is 0 Å². The second kappa shape index (κ2) is 7.24. The summed E-state index contributed by atoms with van der Waals surface area (Å²) in [5.74, 6) is -0.939. The molecule has 5 rings (SSSR count). The molecule has 0 saturated carbocycles. The molecule has 2 saturated heterocycles. The Balaban J connectivity index is 1.45. The van der Waals surface area contributed by atoms with Gasteiger partial charge in [-0.2, -0.15) is 0 Å². The molecule has 0 aliphatic carbocycles. The first-order valence-corrected chi connectivity index (χ1v) is 11.2. The average Bonchev–Trinajstić information content (AvgIpc) is 3.44. The topological polar surface area (TPSA) is 60.2 Å². The van der Waals surface area contributed by atoms with Crippen LogP contribution < -0.4 is 21.5 Å². The van der Waals surface area contributed by atoms with E-state index in [0.717, 1.165) is 18.6 Å². The van der Waals surface area contributed by atoms with Crippen LogP contribution in [-0.2, 0) is 16.1 Å². The number of hydrogen-bond donors (Lipinski definition) is 0. The summed E-state index contributed by atoms with van der Waals surface area (Å²) in [6.07, 6.45) is 1.11. The van der Waals surface area contributed by atoms with Gasteiger partial charge in [0.05, 0.1) is 0 Å². The number of benzene rings is 1. The van der Waals surface area contributed by atoms with Crippen molar-refractivity contribution in [2.45, 2.75) is 29.5 Å². The van der Waals surface area contributed by atoms with Gasteiger partial charge in [-0.15, -0.1) is 0 Å². The van der Waals surface area contributed by atoms with Gasteiger partial charge in [0.25, 0.3) is 0 Å². The van der Waals surface area contributed by atoms with Crippen molar-refractivity contribution in [1.29, 1.82) is 0 Å². The molecule has 3 aromatic rings. The minimum atomic E-state index is -2.90. The minimum absolute atomic E-state index is 0.00534. The van der Waals surface area contributed by atoms with E-state index in [-0.39, 0.29) is 22.6 Å². The molecule has 0 radical (unpaired) electrons. The summed E-state index contributed by atoms with van der Waals surface area (Å²) in [5.41, 5.74) is 1.54. The van der Waals surface area contributed by atoms with Crippen LogP contribution >= 0.6 is 0 Å². The third-order valence-corrected chi connectivity index (χ3v) is 8.46. The number of alkyl halides is 3. The summed E-state index contributed by atoms with van der Waals surface area (Å²) in [5, 5.41) is 4.27. The zero-order valence-electron chi connectivity index (χ0n) is 14.9. The van der Waals surface area contributed by atoms with Crippen molar-refractivity contribution in [2.24, 2.45) is 0 Å². The molecule has 29 heavy (non-hydrogen) atoms. The van der Waals surface area contributed by atoms with E-state index in [1.165, 1.54) is 12.3 Å².